The number of rotatable bonds is 25. The maximum atomic E-state index is 12.8. The molecule has 26 nitrogen and oxygen atoms in total. The van der Waals surface area contributed by atoms with E-state index in [0.29, 0.717) is 76.1 Å². The SMILES string of the molecule is C.CC(=N)N1CCN(c2ccc(CCCF)cc2)CC1.CC(=N)N1CCN(c2ccc(COCCF)cc2)CC1.CC(=N)N1CCN(c2ccc(F)cc2)CC1.CC(=N)N1CCN(c2ccc(OCCF)c(Br)c2)CC1.CC(=N)N1CCN(c2ccc(OCCF)c(Cl)c2)CC1.CC(=N)N1CCN(c2ccc(OCCF)cc2)CC1.CC(=N)N1CCN(c2cccc(CF)c2)CC1.Fc1ccc(N2CCCCC2)cc1. The van der Waals surface area contributed by atoms with Crippen LogP contribution in [0.4, 0.5) is 80.6 Å². The summed E-state index contributed by atoms with van der Waals surface area (Å²) in [6.45, 7) is 38.3. The van der Waals surface area contributed by atoms with E-state index in [0.717, 1.165) is 252 Å². The largest absolute Gasteiger partial charge is 0.491 e. The molecule has 8 aliphatic rings. The van der Waals surface area contributed by atoms with Gasteiger partial charge in [0.2, 0.25) is 0 Å². The summed E-state index contributed by atoms with van der Waals surface area (Å²) in [7, 11) is 0. The Morgan fingerprint density at radius 2 is 0.572 bits per heavy atom. The zero-order chi connectivity index (χ0) is 104. The summed E-state index contributed by atoms with van der Waals surface area (Å²) in [5.41, 5.74) is 12.0. The highest BCUT2D eigenvalue weighted by atomic mass is 79.9. The van der Waals surface area contributed by atoms with Crippen molar-refractivity contribution in [2.45, 2.75) is 101 Å². The van der Waals surface area contributed by atoms with Crippen molar-refractivity contribution in [3.8, 4) is 17.2 Å². The van der Waals surface area contributed by atoms with Gasteiger partial charge in [-0.2, -0.15) is 0 Å². The van der Waals surface area contributed by atoms with Gasteiger partial charge in [0.15, 0.2) is 0 Å². The highest BCUT2D eigenvalue weighted by Gasteiger charge is 2.26. The van der Waals surface area contributed by atoms with E-state index >= 15 is 0 Å². The summed E-state index contributed by atoms with van der Waals surface area (Å²) >= 11 is 9.61. The fourth-order valence-corrected chi connectivity index (χ4v) is 18.1. The molecule has 7 N–H and O–H groups in total. The quantitative estimate of drug-likeness (QED) is 0.0122. The van der Waals surface area contributed by atoms with Crippen LogP contribution in [-0.4, -0.2) is 331 Å². The number of halogens is 10. The first-order valence-corrected chi connectivity index (χ1v) is 51.1. The van der Waals surface area contributed by atoms with Crippen LogP contribution in [0.2, 0.25) is 5.02 Å². The summed E-state index contributed by atoms with van der Waals surface area (Å²) in [5, 5.41) is 53.8. The monoisotopic (exact) mass is 2100 g/mol. The van der Waals surface area contributed by atoms with Crippen LogP contribution in [0.25, 0.3) is 0 Å². The van der Waals surface area contributed by atoms with Crippen molar-refractivity contribution < 1.29 is 54.1 Å². The molecule has 0 aliphatic carbocycles. The lowest BCUT2D eigenvalue weighted by molar-refractivity contribution is 0.106. The topological polar surface area (TPSA) is 252 Å². The third kappa shape index (κ3) is 40.4. The number of nitrogens with zero attached hydrogens (tertiary/aromatic N) is 15. The minimum Gasteiger partial charge on any atom is -0.491 e. The first kappa shape index (κ1) is 118. The molecule has 0 radical (unpaired) electrons. The molecular weight excluding hydrogens is 1950 g/mol. The number of hydrogen-bond acceptors (Lipinski definition) is 19. The molecule has 794 valence electrons. The second kappa shape index (κ2) is 64.1. The smallest absolute Gasteiger partial charge is 0.138 e. The number of amidine groups is 7. The van der Waals surface area contributed by atoms with Gasteiger partial charge >= 0.3 is 0 Å². The van der Waals surface area contributed by atoms with Crippen LogP contribution in [-0.2, 0) is 24.4 Å². The summed E-state index contributed by atoms with van der Waals surface area (Å²) in [5.74, 6) is 5.96. The third-order valence-corrected chi connectivity index (χ3v) is 26.8. The predicted molar refractivity (Wildman–Crippen MR) is 586 cm³/mol. The van der Waals surface area contributed by atoms with Crippen LogP contribution in [0, 0.1) is 49.5 Å². The predicted octanol–water partition coefficient (Wildman–Crippen LogP) is 20.6. The fraction of sp³-hybridized carbons (Fsp3) is 0.495. The molecule has 0 spiro atoms. The molecule has 8 aromatic rings. The Labute approximate surface area is 868 Å². The molecule has 16 rings (SSSR count). The minimum atomic E-state index is -0.525. The molecular formula is C109H154BrClF8N22O4. The molecule has 0 bridgehead atoms. The Kier molecular flexibility index (Phi) is 52.3. The Bertz CT molecular complexity index is 4960. The van der Waals surface area contributed by atoms with Gasteiger partial charge in [-0.3, -0.25) is 42.3 Å². The van der Waals surface area contributed by atoms with Gasteiger partial charge in [0, 0.05) is 242 Å². The van der Waals surface area contributed by atoms with Gasteiger partial charge in [0.05, 0.1) is 70.2 Å². The first-order valence-electron chi connectivity index (χ1n) is 50.0. The minimum absolute atomic E-state index is 0. The van der Waals surface area contributed by atoms with E-state index in [1.165, 1.54) is 60.5 Å². The molecule has 145 heavy (non-hydrogen) atoms. The molecule has 8 heterocycles. The average molecular weight is 2100 g/mol. The number of anilines is 8. The number of piperidine rings is 1. The highest BCUT2D eigenvalue weighted by molar-refractivity contribution is 9.10. The number of aryl methyl sites for hydroxylation is 1. The molecule has 0 amide bonds. The summed E-state index contributed by atoms with van der Waals surface area (Å²) < 4.78 is 120. The molecule has 0 atom stereocenters. The first-order chi connectivity index (χ1) is 69.6. The number of piperazine rings is 7. The van der Waals surface area contributed by atoms with Crippen molar-refractivity contribution in [3.05, 3.63) is 220 Å². The maximum absolute atomic E-state index is 12.8. The van der Waals surface area contributed by atoms with Crippen LogP contribution in [0.1, 0.15) is 98.3 Å². The average Bonchev–Trinajstić information content (AvgIpc) is 0.832. The third-order valence-electron chi connectivity index (χ3n) is 25.9. The lowest BCUT2D eigenvalue weighted by atomic mass is 10.1. The normalized spacial score (nSPS) is 15.7. The number of hydrogen-bond donors (Lipinski definition) is 7. The summed E-state index contributed by atoms with van der Waals surface area (Å²) in [4.78, 5) is 32.8. The second-order valence-electron chi connectivity index (χ2n) is 35.9. The number of nitrogens with one attached hydrogen (secondary N) is 7. The second-order valence-corrected chi connectivity index (χ2v) is 37.2. The van der Waals surface area contributed by atoms with Crippen LogP contribution in [0.3, 0.4) is 0 Å². The van der Waals surface area contributed by atoms with E-state index < -0.39 is 33.4 Å². The summed E-state index contributed by atoms with van der Waals surface area (Å²) in [6.07, 6.45) is 5.28. The molecule has 36 heteroatoms. The number of benzene rings is 8. The van der Waals surface area contributed by atoms with E-state index in [1.807, 2.05) is 164 Å². The molecule has 8 aromatic carbocycles. The van der Waals surface area contributed by atoms with Gasteiger partial charge in [0.25, 0.3) is 0 Å². The maximum Gasteiger partial charge on any atom is 0.138 e. The van der Waals surface area contributed by atoms with Crippen LogP contribution in [0.15, 0.2) is 186 Å². The molecule has 0 unspecified atom stereocenters. The lowest BCUT2D eigenvalue weighted by Gasteiger charge is -2.36. The van der Waals surface area contributed by atoms with Crippen LogP contribution in [0.5, 0.6) is 17.2 Å². The zero-order valence-electron chi connectivity index (χ0n) is 85.0. The highest BCUT2D eigenvalue weighted by Crippen LogP contribution is 2.34. The lowest BCUT2D eigenvalue weighted by Crippen LogP contribution is -2.47. The summed E-state index contributed by atoms with van der Waals surface area (Å²) in [6, 6.07) is 56.9. The Hall–Kier alpha value is -12.0. The van der Waals surface area contributed by atoms with Crippen LogP contribution < -0.4 is 53.4 Å². The number of ether oxygens (including phenoxy) is 4. The molecule has 8 aliphatic heterocycles. The fourth-order valence-electron chi connectivity index (χ4n) is 17.4. The van der Waals surface area contributed by atoms with E-state index in [2.05, 4.69) is 126 Å². The van der Waals surface area contributed by atoms with Crippen molar-refractivity contribution in [3.63, 3.8) is 0 Å². The Morgan fingerprint density at radius 1 is 0.290 bits per heavy atom. The van der Waals surface area contributed by atoms with E-state index in [9.17, 15) is 35.1 Å². The van der Waals surface area contributed by atoms with Gasteiger partial charge in [-0.15, -0.1) is 0 Å². The van der Waals surface area contributed by atoms with E-state index in [4.69, 9.17) is 68.4 Å². The molecule has 0 aromatic heterocycles. The zero-order valence-corrected chi connectivity index (χ0v) is 87.3. The van der Waals surface area contributed by atoms with Crippen molar-refractivity contribution in [2.75, 3.05) is 295 Å². The van der Waals surface area contributed by atoms with Crippen molar-refractivity contribution in [1.29, 1.82) is 37.9 Å². The van der Waals surface area contributed by atoms with Crippen molar-refractivity contribution >= 4 is 114 Å². The van der Waals surface area contributed by atoms with Gasteiger partial charge in [-0.25, -0.2) is 30.7 Å². The van der Waals surface area contributed by atoms with Crippen LogP contribution >= 0.6 is 27.5 Å². The Balaban J connectivity index is 0.000000203. The van der Waals surface area contributed by atoms with E-state index in [-0.39, 0.29) is 52.2 Å². The standard InChI is InChI=1S/C15H22FN3O.C15H22FN3.C14H19BrFN3O.C14H19ClFN3O.C14H20FN3O.C13H18FN3.C12H16FN3.C11H14FN.CH4/c1-13(17)18-7-9-19(10-8-18)15-4-2-14(3-5-15)12-20-11-6-16;1-13(17)18-9-11-19(12-10-18)15-6-4-14(5-7-15)3-2-8-16;2*1-11(17)18-5-7-19(8-6-18)12-2-3-14(13(15)10-12)20-9-4-16;1-12(16)17-7-9-18(10-8-17)13-2-4-14(5-3-13)19-11-6-15;1-11(15)16-5-7-17(8-6-16)13-4-2-3-12(9-13)10-14;1-10(14)15-6-8-16(9-7-15)12-4-2-11(13)3-5-12;12-10-4-6-11(7-5-10)13-8-2-1-3-9-13;/h2-5,17H,6-12H2,1H3;4-7,17H,2-3,8-12H2,1H3;2*2-3,10,17H,4-9H2,1H3;2-5,16H,6-11H2,1H3;2-4,9,15H,5-8,10H2,1H3;2-5,14H,6-9H2,1H3;4-7H,1-3,8-9H2;1H4. The van der Waals surface area contributed by atoms with Gasteiger partial charge in [-0.05, 0) is 259 Å². The van der Waals surface area contributed by atoms with Gasteiger partial charge in [-0.1, -0.05) is 55.4 Å². The van der Waals surface area contributed by atoms with Crippen molar-refractivity contribution in [1.82, 2.24) is 34.3 Å². The molecule has 0 saturated carbocycles. The van der Waals surface area contributed by atoms with E-state index in [1.54, 1.807) is 6.07 Å². The molecule has 8 fully saturated rings. The van der Waals surface area contributed by atoms with Gasteiger partial charge in [0.1, 0.15) is 82.1 Å². The Morgan fingerprint density at radius 3 is 0.890 bits per heavy atom. The van der Waals surface area contributed by atoms with Crippen molar-refractivity contribution in [2.24, 2.45) is 0 Å². The number of alkyl halides is 6. The molecule has 8 saturated heterocycles. The van der Waals surface area contributed by atoms with Gasteiger partial charge < -0.3 is 92.4 Å².